The van der Waals surface area contributed by atoms with Gasteiger partial charge in [-0.25, -0.2) is 0 Å². The lowest BCUT2D eigenvalue weighted by Crippen LogP contribution is -2.29. The number of nitrogens with one attached hydrogen (secondary N) is 1. The molecule has 1 aliphatic rings. The van der Waals surface area contributed by atoms with Gasteiger partial charge in [0.2, 0.25) is 0 Å². The zero-order chi connectivity index (χ0) is 6.69. The van der Waals surface area contributed by atoms with Crippen molar-refractivity contribution < 1.29 is 19.4 Å². The Morgan fingerprint density at radius 3 is 2.78 bits per heavy atom. The average Bonchev–Trinajstić information content (AvgIpc) is 2.63. The SMILES string of the molecule is O=[14CH]CNC(=O)C1OO1. The third kappa shape index (κ3) is 1.79. The van der Waals surface area contributed by atoms with Crippen molar-refractivity contribution >= 4 is 12.2 Å². The average molecular weight is 133 g/mol. The van der Waals surface area contributed by atoms with Crippen LogP contribution in [0.15, 0.2) is 0 Å². The molecule has 0 unspecified atom stereocenters. The molecule has 0 atom stereocenters. The first kappa shape index (κ1) is 6.18. The highest BCUT2D eigenvalue weighted by molar-refractivity contribution is 5.82. The Balaban J connectivity index is 2.10. The highest BCUT2D eigenvalue weighted by atomic mass is 17.4. The van der Waals surface area contributed by atoms with Crippen molar-refractivity contribution in [2.24, 2.45) is 0 Å². The summed E-state index contributed by atoms with van der Waals surface area (Å²) in [4.78, 5) is 28.4. The molecule has 0 bridgehead atoms. The Hall–Kier alpha value is -0.940. The minimum absolute atomic E-state index is 0.00204. The van der Waals surface area contributed by atoms with Gasteiger partial charge in [0.05, 0.1) is 6.54 Å². The van der Waals surface area contributed by atoms with Crippen LogP contribution in [-0.2, 0) is 19.4 Å². The van der Waals surface area contributed by atoms with Gasteiger partial charge in [0, 0.05) is 0 Å². The highest BCUT2D eigenvalue weighted by Gasteiger charge is 2.34. The van der Waals surface area contributed by atoms with Crippen molar-refractivity contribution in [2.45, 2.75) is 6.29 Å². The van der Waals surface area contributed by atoms with E-state index in [9.17, 15) is 9.59 Å². The molecule has 0 aromatic carbocycles. The van der Waals surface area contributed by atoms with Crippen molar-refractivity contribution in [1.29, 1.82) is 0 Å². The van der Waals surface area contributed by atoms with Gasteiger partial charge in [-0.05, 0) is 0 Å². The van der Waals surface area contributed by atoms with Crippen LogP contribution in [0.2, 0.25) is 0 Å². The number of hydrogen-bond donors (Lipinski definition) is 1. The molecule has 1 heterocycles. The van der Waals surface area contributed by atoms with Gasteiger partial charge in [0.15, 0.2) is 0 Å². The van der Waals surface area contributed by atoms with Gasteiger partial charge < -0.3 is 10.1 Å². The monoisotopic (exact) mass is 133 g/mol. The van der Waals surface area contributed by atoms with E-state index in [0.29, 0.717) is 6.29 Å². The van der Waals surface area contributed by atoms with Gasteiger partial charge in [0.25, 0.3) is 5.91 Å². The summed E-state index contributed by atoms with van der Waals surface area (Å²) in [5.74, 6) is -0.415. The van der Waals surface area contributed by atoms with Gasteiger partial charge in [-0.3, -0.25) is 4.79 Å². The third-order valence-corrected chi connectivity index (χ3v) is 0.766. The standard InChI is InChI=1S/C4H5NO4/c6-2-1-5-3(7)4-8-9-4/h2,4H,1H2,(H,5,7)/i2+2. The fourth-order valence-electron chi connectivity index (χ4n) is 0.341. The molecule has 0 spiro atoms. The van der Waals surface area contributed by atoms with Gasteiger partial charge >= 0.3 is 6.29 Å². The van der Waals surface area contributed by atoms with E-state index in [2.05, 4.69) is 15.1 Å². The van der Waals surface area contributed by atoms with Crippen LogP contribution in [0, 0.1) is 0 Å². The van der Waals surface area contributed by atoms with E-state index in [1.807, 2.05) is 0 Å². The van der Waals surface area contributed by atoms with Crippen LogP contribution in [0.5, 0.6) is 0 Å². The van der Waals surface area contributed by atoms with Crippen molar-refractivity contribution in [3.63, 3.8) is 0 Å². The summed E-state index contributed by atoms with van der Waals surface area (Å²) in [7, 11) is 0. The third-order valence-electron chi connectivity index (χ3n) is 0.766. The predicted molar refractivity (Wildman–Crippen MR) is 25.0 cm³/mol. The van der Waals surface area contributed by atoms with E-state index in [1.165, 1.54) is 0 Å². The van der Waals surface area contributed by atoms with Gasteiger partial charge in [-0.1, -0.05) is 0 Å². The molecule has 1 fully saturated rings. The van der Waals surface area contributed by atoms with Crippen molar-refractivity contribution in [2.75, 3.05) is 6.54 Å². The van der Waals surface area contributed by atoms with Crippen LogP contribution in [0.1, 0.15) is 0 Å². The number of carbonyl (C=O) groups excluding carboxylic acids is 2. The predicted octanol–water partition coefficient (Wildman–Crippen LogP) is -1.41. The number of amides is 1. The summed E-state index contributed by atoms with van der Waals surface area (Å²) in [6.45, 7) is 0.00204. The van der Waals surface area contributed by atoms with E-state index in [0.717, 1.165) is 0 Å². The van der Waals surface area contributed by atoms with Crippen LogP contribution in [0.3, 0.4) is 0 Å². The lowest BCUT2D eigenvalue weighted by Gasteiger charge is -1.90. The van der Waals surface area contributed by atoms with E-state index < -0.39 is 12.2 Å². The number of aldehydes is 1. The molecule has 0 aromatic rings. The quantitative estimate of drug-likeness (QED) is 0.291. The maximum Gasteiger partial charge on any atom is 0.301 e. The lowest BCUT2D eigenvalue weighted by molar-refractivity contribution is -0.124. The summed E-state index contributed by atoms with van der Waals surface area (Å²) < 4.78 is 0. The van der Waals surface area contributed by atoms with Crippen LogP contribution in [0.25, 0.3) is 0 Å². The van der Waals surface area contributed by atoms with E-state index in [-0.39, 0.29) is 6.54 Å². The van der Waals surface area contributed by atoms with Crippen molar-refractivity contribution in [1.82, 2.24) is 5.32 Å². The topological polar surface area (TPSA) is 71.2 Å². The van der Waals surface area contributed by atoms with Crippen LogP contribution in [-0.4, -0.2) is 25.0 Å². The summed E-state index contributed by atoms with van der Waals surface area (Å²) >= 11 is 0. The fraction of sp³-hybridized carbons (Fsp3) is 0.500. The van der Waals surface area contributed by atoms with E-state index in [1.54, 1.807) is 0 Å². The minimum Gasteiger partial charge on any atom is -0.345 e. The molecule has 50 valence electrons. The second-order valence-electron chi connectivity index (χ2n) is 1.44. The Labute approximate surface area is 50.9 Å². The Kier molecular flexibility index (Phi) is 1.76. The molecule has 9 heavy (non-hydrogen) atoms. The first-order valence-corrected chi connectivity index (χ1v) is 2.38. The largest absolute Gasteiger partial charge is 0.345 e. The second-order valence-corrected chi connectivity index (χ2v) is 1.44. The maximum absolute atomic E-state index is 10.4. The summed E-state index contributed by atoms with van der Waals surface area (Å²) in [6, 6.07) is 0. The molecule has 0 aliphatic carbocycles. The molecule has 1 rings (SSSR count). The van der Waals surface area contributed by atoms with Gasteiger partial charge in [0.1, 0.15) is 6.29 Å². The second kappa shape index (κ2) is 2.56. The molecule has 1 N–H and O–H groups in total. The molecule has 1 saturated heterocycles. The summed E-state index contributed by atoms with van der Waals surface area (Å²) in [6.07, 6.45) is -0.203. The summed E-state index contributed by atoms with van der Waals surface area (Å²) in [5.41, 5.74) is 0. The minimum atomic E-state index is -0.787. The molecule has 5 heteroatoms. The molecule has 0 radical (unpaired) electrons. The smallest absolute Gasteiger partial charge is 0.301 e. The van der Waals surface area contributed by atoms with E-state index in [4.69, 9.17) is 0 Å². The molecule has 0 saturated carbocycles. The van der Waals surface area contributed by atoms with Crippen LogP contribution >= 0.6 is 0 Å². The lowest BCUT2D eigenvalue weighted by atomic mass is 10.6. The molecule has 0 aromatic heterocycles. The Morgan fingerprint density at radius 1 is 1.67 bits per heavy atom. The van der Waals surface area contributed by atoms with E-state index >= 15 is 0 Å². The maximum atomic E-state index is 10.4. The zero-order valence-corrected chi connectivity index (χ0v) is 4.49. The Morgan fingerprint density at radius 2 is 2.33 bits per heavy atom. The Bertz CT molecular complexity index is 131. The van der Waals surface area contributed by atoms with Gasteiger partial charge in [-0.15, -0.1) is 0 Å². The number of hydrogen-bond acceptors (Lipinski definition) is 4. The molecular formula is C4H5NO4. The van der Waals surface area contributed by atoms with Gasteiger partial charge in [-0.2, -0.15) is 9.78 Å². The first-order valence-electron chi connectivity index (χ1n) is 2.38. The first-order chi connectivity index (χ1) is 4.34. The fourth-order valence-corrected chi connectivity index (χ4v) is 0.341. The van der Waals surface area contributed by atoms with Crippen LogP contribution < -0.4 is 5.32 Å². The number of rotatable bonds is 3. The van der Waals surface area contributed by atoms with Crippen molar-refractivity contribution in [3.8, 4) is 0 Å². The highest BCUT2D eigenvalue weighted by Crippen LogP contribution is 2.10. The molecule has 1 amide bonds. The zero-order valence-electron chi connectivity index (χ0n) is 4.49. The number of carbonyl (C=O) groups is 2. The molecule has 5 nitrogen and oxygen atoms in total. The van der Waals surface area contributed by atoms with Crippen molar-refractivity contribution in [3.05, 3.63) is 0 Å². The van der Waals surface area contributed by atoms with Crippen LogP contribution in [0.4, 0.5) is 0 Å². The molecule has 1 aliphatic heterocycles. The summed E-state index contributed by atoms with van der Waals surface area (Å²) in [5, 5.41) is 2.24. The normalized spacial score (nSPS) is 16.9. The molecular weight excluding hydrogens is 128 g/mol.